The van der Waals surface area contributed by atoms with Gasteiger partial charge in [0.2, 0.25) is 0 Å². The van der Waals surface area contributed by atoms with Crippen molar-refractivity contribution in [3.05, 3.63) is 0 Å². The van der Waals surface area contributed by atoms with E-state index < -0.39 is 25.8 Å². The highest BCUT2D eigenvalue weighted by Crippen LogP contribution is 2.17. The fourth-order valence-electron chi connectivity index (χ4n) is 2.49. The molecule has 0 bridgehead atoms. The molecule has 1 unspecified atom stereocenters. The second-order valence-corrected chi connectivity index (χ2v) is 9.33. The summed E-state index contributed by atoms with van der Waals surface area (Å²) in [6.45, 7) is 2.61. The summed E-state index contributed by atoms with van der Waals surface area (Å²) in [4.78, 5) is 0. The van der Waals surface area contributed by atoms with Crippen LogP contribution in [0.1, 0.15) is 64.7 Å². The number of hydrogen-bond donors (Lipinski definition) is 0. The number of rotatable bonds is 18. The summed E-state index contributed by atoms with van der Waals surface area (Å²) in [6, 6.07) is 0. The van der Waals surface area contributed by atoms with Gasteiger partial charge < -0.3 is 4.74 Å². The van der Waals surface area contributed by atoms with Crippen LogP contribution in [0.25, 0.3) is 0 Å². The number of unbranched alkanes of at least 4 members (excludes halogenated alkanes) is 6. The van der Waals surface area contributed by atoms with Gasteiger partial charge in [0.05, 0.1) is 32.7 Å². The van der Waals surface area contributed by atoms with Crippen LogP contribution in [0.5, 0.6) is 0 Å². The first-order chi connectivity index (χ1) is 12.3. The molecule has 8 nitrogen and oxygen atoms in total. The van der Waals surface area contributed by atoms with Crippen LogP contribution in [0.4, 0.5) is 0 Å². The van der Waals surface area contributed by atoms with E-state index in [1.165, 1.54) is 7.11 Å². The van der Waals surface area contributed by atoms with Crippen molar-refractivity contribution < 1.29 is 34.1 Å². The van der Waals surface area contributed by atoms with Gasteiger partial charge in [-0.3, -0.25) is 8.37 Å². The molecule has 0 aromatic heterocycles. The Kier molecular flexibility index (Phi) is 14.6. The molecule has 0 rings (SSSR count). The Balaban J connectivity index is 3.44. The molecule has 10 heteroatoms. The van der Waals surface area contributed by atoms with Crippen LogP contribution in [0.2, 0.25) is 0 Å². The van der Waals surface area contributed by atoms with Gasteiger partial charge in [-0.25, -0.2) is 4.18 Å². The zero-order valence-corrected chi connectivity index (χ0v) is 17.8. The molecule has 0 saturated carbocycles. The molecule has 0 N–H and O–H groups in total. The van der Waals surface area contributed by atoms with E-state index >= 15 is 0 Å². The molecule has 0 radical (unpaired) electrons. The van der Waals surface area contributed by atoms with Gasteiger partial charge in [0.25, 0.3) is 10.1 Å². The Morgan fingerprint density at radius 1 is 0.731 bits per heavy atom. The molecule has 0 aromatic rings. The lowest BCUT2D eigenvalue weighted by Gasteiger charge is -2.13. The molecule has 0 amide bonds. The minimum Gasteiger partial charge on any atom is -0.379 e. The second kappa shape index (κ2) is 14.8. The largest absolute Gasteiger partial charge is 0.399 e. The Bertz CT molecular complexity index is 530. The van der Waals surface area contributed by atoms with E-state index in [2.05, 4.69) is 12.5 Å². The minimum atomic E-state index is -3.87. The van der Waals surface area contributed by atoms with Crippen molar-refractivity contribution in [2.45, 2.75) is 70.0 Å². The predicted molar refractivity (Wildman–Crippen MR) is 99.6 cm³/mol. The van der Waals surface area contributed by atoms with Gasteiger partial charge in [-0.1, -0.05) is 45.4 Å². The van der Waals surface area contributed by atoms with Crippen LogP contribution in [0, 0.1) is 0 Å². The van der Waals surface area contributed by atoms with Crippen molar-refractivity contribution in [1.82, 2.24) is 0 Å². The van der Waals surface area contributed by atoms with E-state index in [9.17, 15) is 16.8 Å². The van der Waals surface area contributed by atoms with Crippen LogP contribution in [0.3, 0.4) is 0 Å². The Hall–Kier alpha value is -0.260. The van der Waals surface area contributed by atoms with E-state index in [-0.39, 0.29) is 13.2 Å². The van der Waals surface area contributed by atoms with E-state index in [0.29, 0.717) is 19.4 Å². The summed E-state index contributed by atoms with van der Waals surface area (Å²) in [6.07, 6.45) is 8.43. The number of hydrogen-bond acceptors (Lipinski definition) is 8. The third-order valence-corrected chi connectivity index (χ3v) is 6.78. The van der Waals surface area contributed by atoms with E-state index in [1.807, 2.05) is 6.92 Å². The van der Waals surface area contributed by atoms with Gasteiger partial charge in [0.15, 0.2) is 0 Å². The van der Waals surface area contributed by atoms with Gasteiger partial charge in [0.1, 0.15) is 0 Å². The zero-order valence-electron chi connectivity index (χ0n) is 16.1. The molecule has 0 heterocycles. The van der Waals surface area contributed by atoms with Crippen molar-refractivity contribution in [2.75, 3.05) is 34.0 Å². The quantitative estimate of drug-likeness (QED) is 0.247. The molecule has 1 atom stereocenters. The molecule has 0 fully saturated rings. The monoisotopic (exact) mass is 418 g/mol. The van der Waals surface area contributed by atoms with Crippen molar-refractivity contribution >= 4 is 20.5 Å². The minimum absolute atomic E-state index is 0.0479. The second-order valence-electron chi connectivity index (χ2n) is 5.96. The predicted octanol–water partition coefficient (Wildman–Crippen LogP) is 2.79. The molecule has 26 heavy (non-hydrogen) atoms. The SMILES string of the molecule is CCC(CCCCCCCCCOCCOS(=O)(=O)OC)S(=O)(=O)OC. The first kappa shape index (κ1) is 25.7. The van der Waals surface area contributed by atoms with Gasteiger partial charge in [-0.15, -0.1) is 0 Å². The standard InChI is InChI=1S/C16H34O8S2/c1-4-16(25(17,18)21-2)12-10-8-6-5-7-9-11-13-23-14-15-24-26(19,20)22-3/h16H,4-15H2,1-3H3. The highest BCUT2D eigenvalue weighted by atomic mass is 32.3. The van der Waals surface area contributed by atoms with Crippen LogP contribution in [-0.4, -0.2) is 56.1 Å². The molecule has 0 aliphatic carbocycles. The first-order valence-corrected chi connectivity index (χ1v) is 11.9. The van der Waals surface area contributed by atoms with Crippen molar-refractivity contribution in [2.24, 2.45) is 0 Å². The fourth-order valence-corrected chi connectivity index (χ4v) is 4.00. The Morgan fingerprint density at radius 2 is 1.31 bits per heavy atom. The summed E-state index contributed by atoms with van der Waals surface area (Å²) in [5.74, 6) is 0. The smallest absolute Gasteiger partial charge is 0.379 e. The summed E-state index contributed by atoms with van der Waals surface area (Å²) in [5, 5.41) is -0.396. The van der Waals surface area contributed by atoms with Crippen LogP contribution in [0.15, 0.2) is 0 Å². The molecule has 0 aliphatic rings. The maximum Gasteiger partial charge on any atom is 0.399 e. The van der Waals surface area contributed by atoms with Crippen LogP contribution in [-0.2, 0) is 37.8 Å². The average Bonchev–Trinajstić information content (AvgIpc) is 2.61. The highest BCUT2D eigenvalue weighted by Gasteiger charge is 2.22. The number of ether oxygens (including phenoxy) is 1. The summed E-state index contributed by atoms with van der Waals surface area (Å²) in [7, 11) is -5.01. The normalized spacial score (nSPS) is 13.8. The highest BCUT2D eigenvalue weighted by molar-refractivity contribution is 7.87. The van der Waals surface area contributed by atoms with Crippen molar-refractivity contribution in [3.8, 4) is 0 Å². The molecule has 158 valence electrons. The molecule has 0 aliphatic heterocycles. The topological polar surface area (TPSA) is 105 Å². The summed E-state index contributed by atoms with van der Waals surface area (Å²) in [5.41, 5.74) is 0. The molecule has 0 aromatic carbocycles. The fraction of sp³-hybridized carbons (Fsp3) is 1.00. The molecule has 0 spiro atoms. The van der Waals surface area contributed by atoms with Crippen LogP contribution < -0.4 is 0 Å². The third-order valence-electron chi connectivity index (χ3n) is 4.07. The summed E-state index contributed by atoms with van der Waals surface area (Å²) >= 11 is 0. The molecular weight excluding hydrogens is 384 g/mol. The lowest BCUT2D eigenvalue weighted by Crippen LogP contribution is -2.21. The van der Waals surface area contributed by atoms with Gasteiger partial charge in [0, 0.05) is 6.61 Å². The third kappa shape index (κ3) is 13.0. The maximum absolute atomic E-state index is 11.6. The Labute approximate surface area is 159 Å². The first-order valence-electron chi connectivity index (χ1n) is 9.11. The van der Waals surface area contributed by atoms with Gasteiger partial charge >= 0.3 is 10.4 Å². The van der Waals surface area contributed by atoms with Crippen LogP contribution >= 0.6 is 0 Å². The maximum atomic E-state index is 11.6. The molecule has 0 saturated heterocycles. The lowest BCUT2D eigenvalue weighted by atomic mass is 10.1. The van der Waals surface area contributed by atoms with Crippen molar-refractivity contribution in [3.63, 3.8) is 0 Å². The zero-order chi connectivity index (χ0) is 19.9. The van der Waals surface area contributed by atoms with Crippen molar-refractivity contribution in [1.29, 1.82) is 0 Å². The van der Waals surface area contributed by atoms with E-state index in [1.54, 1.807) is 0 Å². The van der Waals surface area contributed by atoms with Gasteiger partial charge in [-0.2, -0.15) is 16.8 Å². The lowest BCUT2D eigenvalue weighted by molar-refractivity contribution is 0.0928. The van der Waals surface area contributed by atoms with Gasteiger partial charge in [-0.05, 0) is 19.3 Å². The summed E-state index contributed by atoms with van der Waals surface area (Å²) < 4.78 is 63.5. The van der Waals surface area contributed by atoms with E-state index in [4.69, 9.17) is 4.74 Å². The average molecular weight is 419 g/mol. The Morgan fingerprint density at radius 3 is 1.85 bits per heavy atom. The van der Waals surface area contributed by atoms with E-state index in [0.717, 1.165) is 52.1 Å². The molecular formula is C16H34O8S2.